The maximum absolute atomic E-state index is 14.4. The molecule has 1 fully saturated rings. The van der Waals surface area contributed by atoms with Crippen LogP contribution in [0.2, 0.25) is 5.02 Å². The zero-order chi connectivity index (χ0) is 30.1. The molecule has 3 aromatic rings. The monoisotopic (exact) mass is 598 g/mol. The van der Waals surface area contributed by atoms with E-state index in [9.17, 15) is 41.4 Å². The smallest absolute Gasteiger partial charge is 0.433 e. The van der Waals surface area contributed by atoms with E-state index in [4.69, 9.17) is 17.3 Å². The molecule has 0 unspecified atom stereocenters. The number of aromatic nitrogens is 2. The van der Waals surface area contributed by atoms with E-state index in [1.54, 1.807) is 0 Å². The first-order chi connectivity index (χ1) is 19.3. The molecule has 14 heteroatoms. The van der Waals surface area contributed by atoms with Gasteiger partial charge in [-0.25, -0.2) is 8.78 Å². The number of carbonyl (C=O) groups is 3. The summed E-state index contributed by atoms with van der Waals surface area (Å²) in [6.07, 6.45) is -3.89. The van der Waals surface area contributed by atoms with Crippen molar-refractivity contribution in [2.75, 3.05) is 12.3 Å². The normalized spacial score (nSPS) is 17.3. The number of carboxylic acid groups (broad SMARTS) is 1. The quantitative estimate of drug-likeness (QED) is 0.193. The summed E-state index contributed by atoms with van der Waals surface area (Å²) in [5.41, 5.74) is 3.29. The van der Waals surface area contributed by atoms with Gasteiger partial charge < -0.3 is 15.7 Å². The summed E-state index contributed by atoms with van der Waals surface area (Å²) in [5, 5.41) is 13.0. The lowest BCUT2D eigenvalue weighted by Crippen LogP contribution is -2.37. The average Bonchev–Trinajstić information content (AvgIpc) is 3.33. The van der Waals surface area contributed by atoms with Crippen LogP contribution < -0.4 is 5.73 Å². The summed E-state index contributed by atoms with van der Waals surface area (Å²) < 4.78 is 71.6. The lowest BCUT2D eigenvalue weighted by Gasteiger charge is -2.28. The van der Waals surface area contributed by atoms with Crippen LogP contribution in [-0.2, 0) is 17.5 Å². The Morgan fingerprint density at radius 2 is 1.71 bits per heavy atom. The first-order valence-electron chi connectivity index (χ1n) is 12.4. The van der Waals surface area contributed by atoms with Crippen molar-refractivity contribution < 1.29 is 41.4 Å². The Kier molecular flexibility index (Phi) is 8.66. The number of nitrogens with zero attached hydrogens (tertiary/aromatic N) is 3. The molecule has 1 heterocycles. The van der Waals surface area contributed by atoms with Crippen molar-refractivity contribution in [2.24, 2.45) is 5.92 Å². The summed E-state index contributed by atoms with van der Waals surface area (Å²) in [6, 6.07) is 5.73. The third kappa shape index (κ3) is 6.67. The van der Waals surface area contributed by atoms with Crippen molar-refractivity contribution in [2.45, 2.75) is 44.4 Å². The molecular weight excluding hydrogens is 575 g/mol. The van der Waals surface area contributed by atoms with Gasteiger partial charge in [0.25, 0.3) is 5.91 Å². The highest BCUT2D eigenvalue weighted by atomic mass is 35.5. The molecule has 1 aromatic heterocycles. The first-order valence-corrected chi connectivity index (χ1v) is 12.8. The Labute approximate surface area is 235 Å². The molecule has 1 amide bonds. The zero-order valence-corrected chi connectivity index (χ0v) is 22.1. The van der Waals surface area contributed by atoms with E-state index in [1.807, 2.05) is 0 Å². The van der Waals surface area contributed by atoms with Gasteiger partial charge in [-0.1, -0.05) is 17.7 Å². The molecule has 41 heavy (non-hydrogen) atoms. The Balaban J connectivity index is 1.73. The molecule has 0 atom stereocenters. The summed E-state index contributed by atoms with van der Waals surface area (Å²) >= 11 is 6.11. The highest BCUT2D eigenvalue weighted by Gasteiger charge is 2.43. The first kappa shape index (κ1) is 30.0. The average molecular weight is 599 g/mol. The van der Waals surface area contributed by atoms with Crippen LogP contribution in [-0.4, -0.2) is 44.0 Å². The summed E-state index contributed by atoms with van der Waals surface area (Å²) in [4.78, 5) is 38.8. The standard InChI is InChI=1S/C27H24ClF5N4O4/c28-20-2-1-3-21(34)23(20)22(38)13-36(12-14-8-16(29)10-17(30)9-14)25(39)19-11-35-37(24(19)27(31,32)33)18-6-4-15(5-7-18)26(40)41/h1-3,8-11,15,18H,4-7,12-13,34H2,(H,40,41). The number of halogens is 6. The number of alkyl halides is 3. The van der Waals surface area contributed by atoms with Gasteiger partial charge in [-0.05, 0) is 55.5 Å². The number of carboxylic acids is 1. The molecule has 0 bridgehead atoms. The SMILES string of the molecule is Nc1cccc(Cl)c1C(=O)CN(Cc1cc(F)cc(F)c1)C(=O)c1cnn(C2CCC(C(=O)O)CC2)c1C(F)(F)F. The van der Waals surface area contributed by atoms with Gasteiger partial charge in [-0.2, -0.15) is 18.3 Å². The molecule has 0 aliphatic heterocycles. The number of hydrogen-bond donors (Lipinski definition) is 2. The molecule has 1 aliphatic carbocycles. The van der Waals surface area contributed by atoms with Crippen LogP contribution in [0, 0.1) is 17.6 Å². The molecule has 2 aromatic carbocycles. The minimum atomic E-state index is -5.06. The number of ketones is 1. The Morgan fingerprint density at radius 3 is 2.27 bits per heavy atom. The van der Waals surface area contributed by atoms with E-state index in [0.29, 0.717) is 15.6 Å². The molecular formula is C27H24ClF5N4O4. The number of anilines is 1. The zero-order valence-electron chi connectivity index (χ0n) is 21.3. The third-order valence-corrected chi connectivity index (χ3v) is 7.24. The molecule has 4 rings (SSSR count). The summed E-state index contributed by atoms with van der Waals surface area (Å²) in [7, 11) is 0. The van der Waals surface area contributed by atoms with Gasteiger partial charge in [0.05, 0.1) is 40.9 Å². The predicted molar refractivity (Wildman–Crippen MR) is 137 cm³/mol. The van der Waals surface area contributed by atoms with Crippen LogP contribution >= 0.6 is 11.6 Å². The third-order valence-electron chi connectivity index (χ3n) is 6.93. The van der Waals surface area contributed by atoms with Crippen LogP contribution in [0.4, 0.5) is 27.6 Å². The Morgan fingerprint density at radius 1 is 1.07 bits per heavy atom. The minimum absolute atomic E-state index is 0.0348. The molecule has 1 aliphatic rings. The van der Waals surface area contributed by atoms with Crippen molar-refractivity contribution in [3.8, 4) is 0 Å². The number of Topliss-reactive ketones (excluding diaryl/α,β-unsaturated/α-hetero) is 1. The van der Waals surface area contributed by atoms with Gasteiger partial charge in [-0.15, -0.1) is 0 Å². The number of rotatable bonds is 8. The van der Waals surface area contributed by atoms with E-state index in [2.05, 4.69) is 5.10 Å². The second-order valence-corrected chi connectivity index (χ2v) is 10.2. The molecule has 0 radical (unpaired) electrons. The minimum Gasteiger partial charge on any atom is -0.481 e. The summed E-state index contributed by atoms with van der Waals surface area (Å²) in [6.45, 7) is -1.45. The molecule has 8 nitrogen and oxygen atoms in total. The summed E-state index contributed by atoms with van der Waals surface area (Å²) in [5.74, 6) is -5.80. The number of nitrogen functional groups attached to an aromatic ring is 1. The van der Waals surface area contributed by atoms with Crippen LogP contribution in [0.25, 0.3) is 0 Å². The number of carbonyl (C=O) groups excluding carboxylic acids is 2. The van der Waals surface area contributed by atoms with Gasteiger partial charge in [0.1, 0.15) is 11.6 Å². The molecule has 218 valence electrons. The lowest BCUT2D eigenvalue weighted by atomic mass is 9.86. The topological polar surface area (TPSA) is 119 Å². The highest BCUT2D eigenvalue weighted by Crippen LogP contribution is 2.39. The Bertz CT molecular complexity index is 1440. The predicted octanol–water partition coefficient (Wildman–Crippen LogP) is 5.76. The second kappa shape index (κ2) is 11.9. The maximum Gasteiger partial charge on any atom is 0.433 e. The highest BCUT2D eigenvalue weighted by molar-refractivity contribution is 6.34. The fourth-order valence-electron chi connectivity index (χ4n) is 5.03. The van der Waals surface area contributed by atoms with Crippen molar-refractivity contribution in [1.82, 2.24) is 14.7 Å². The van der Waals surface area contributed by atoms with Crippen LogP contribution in [0.5, 0.6) is 0 Å². The van der Waals surface area contributed by atoms with Crippen molar-refractivity contribution >= 4 is 34.9 Å². The van der Waals surface area contributed by atoms with Crippen molar-refractivity contribution in [1.29, 1.82) is 0 Å². The largest absolute Gasteiger partial charge is 0.481 e. The molecule has 3 N–H and O–H groups in total. The van der Waals surface area contributed by atoms with E-state index in [0.717, 1.165) is 18.3 Å². The fraction of sp³-hybridized carbons (Fsp3) is 0.333. The van der Waals surface area contributed by atoms with Gasteiger partial charge in [0.2, 0.25) is 0 Å². The lowest BCUT2D eigenvalue weighted by molar-refractivity contribution is -0.147. The number of amides is 1. The van der Waals surface area contributed by atoms with E-state index >= 15 is 0 Å². The van der Waals surface area contributed by atoms with Crippen LogP contribution in [0.3, 0.4) is 0 Å². The Hall–Kier alpha value is -4.00. The van der Waals surface area contributed by atoms with Crippen molar-refractivity contribution in [3.05, 3.63) is 81.6 Å². The van der Waals surface area contributed by atoms with Gasteiger partial charge in [0.15, 0.2) is 11.5 Å². The number of benzene rings is 2. The van der Waals surface area contributed by atoms with Crippen LogP contribution in [0.15, 0.2) is 42.6 Å². The van der Waals surface area contributed by atoms with E-state index in [1.165, 1.54) is 18.2 Å². The number of nitrogens with two attached hydrogens (primary N) is 1. The number of aliphatic carboxylic acids is 1. The van der Waals surface area contributed by atoms with E-state index < -0.39 is 71.8 Å². The fourth-order valence-corrected chi connectivity index (χ4v) is 5.31. The van der Waals surface area contributed by atoms with E-state index in [-0.39, 0.29) is 47.5 Å². The van der Waals surface area contributed by atoms with Gasteiger partial charge >= 0.3 is 12.1 Å². The second-order valence-electron chi connectivity index (χ2n) is 9.76. The number of hydrogen-bond acceptors (Lipinski definition) is 5. The molecule has 0 saturated heterocycles. The van der Waals surface area contributed by atoms with Gasteiger partial charge in [0, 0.05) is 18.3 Å². The van der Waals surface area contributed by atoms with Gasteiger partial charge in [-0.3, -0.25) is 19.1 Å². The molecule has 1 saturated carbocycles. The van der Waals surface area contributed by atoms with Crippen LogP contribution in [0.1, 0.15) is 63.7 Å². The molecule has 0 spiro atoms. The maximum atomic E-state index is 14.4. The van der Waals surface area contributed by atoms with Crippen molar-refractivity contribution in [3.63, 3.8) is 0 Å².